The van der Waals surface area contributed by atoms with Crippen LogP contribution in [0.4, 0.5) is 15.8 Å². The van der Waals surface area contributed by atoms with E-state index in [0.717, 1.165) is 30.6 Å². The lowest BCUT2D eigenvalue weighted by Gasteiger charge is -2.21. The van der Waals surface area contributed by atoms with Gasteiger partial charge in [0.2, 0.25) is 0 Å². The molecule has 1 atom stereocenters. The van der Waals surface area contributed by atoms with Gasteiger partial charge in [0.1, 0.15) is 5.52 Å². The van der Waals surface area contributed by atoms with Gasteiger partial charge in [-0.1, -0.05) is 0 Å². The number of carbonyl (C=O) groups is 1. The number of likely N-dealkylation sites (N-methyl/N-ethyl adjacent to an activating group) is 1. The summed E-state index contributed by atoms with van der Waals surface area (Å²) in [5.41, 5.74) is 3.19. The molecule has 158 valence electrons. The largest absolute Gasteiger partial charge is 0.369 e. The van der Waals surface area contributed by atoms with Crippen LogP contribution in [-0.2, 0) is 0 Å². The molecule has 4 aromatic rings. The lowest BCUT2D eigenvalue weighted by atomic mass is 10.1. The highest BCUT2D eigenvalue weighted by Gasteiger charge is 2.24. The van der Waals surface area contributed by atoms with E-state index >= 15 is 0 Å². The van der Waals surface area contributed by atoms with Crippen molar-refractivity contribution in [2.45, 2.75) is 19.4 Å². The topological polar surface area (TPSA) is 87.5 Å². The Bertz CT molecular complexity index is 1300. The Balaban J connectivity index is 1.49. The number of nitrogens with zero attached hydrogens (tertiary/aromatic N) is 5. The molecule has 3 aromatic heterocycles. The Hall–Kier alpha value is -3.59. The Kier molecular flexibility index (Phi) is 4.74. The molecule has 4 heterocycles. The van der Waals surface area contributed by atoms with E-state index < -0.39 is 5.82 Å². The molecule has 0 spiro atoms. The van der Waals surface area contributed by atoms with Crippen LogP contribution in [0.3, 0.4) is 0 Å². The minimum atomic E-state index is -0.501. The number of carbonyl (C=O) groups excluding carboxylic acids is 1. The maximum atomic E-state index is 14.4. The Morgan fingerprint density at radius 2 is 2.13 bits per heavy atom. The smallest absolute Gasteiger partial charge is 0.257 e. The van der Waals surface area contributed by atoms with E-state index in [0.29, 0.717) is 28.5 Å². The van der Waals surface area contributed by atoms with Crippen LogP contribution in [0.1, 0.15) is 22.5 Å². The van der Waals surface area contributed by atoms with Crippen molar-refractivity contribution in [3.63, 3.8) is 0 Å². The first-order valence-electron chi connectivity index (χ1n) is 10.2. The maximum absolute atomic E-state index is 14.4. The highest BCUT2D eigenvalue weighted by atomic mass is 19.1. The van der Waals surface area contributed by atoms with E-state index in [1.54, 1.807) is 36.0 Å². The molecule has 1 aliphatic heterocycles. The molecule has 5 rings (SSSR count). The lowest BCUT2D eigenvalue weighted by Crippen LogP contribution is -2.29. The van der Waals surface area contributed by atoms with Gasteiger partial charge >= 0.3 is 0 Å². The van der Waals surface area contributed by atoms with Crippen molar-refractivity contribution < 1.29 is 9.18 Å². The third-order valence-corrected chi connectivity index (χ3v) is 5.73. The molecule has 31 heavy (non-hydrogen) atoms. The number of halogens is 1. The Morgan fingerprint density at radius 3 is 2.94 bits per heavy atom. The maximum Gasteiger partial charge on any atom is 0.257 e. The number of aromatic nitrogens is 4. The molecule has 8 nitrogen and oxygen atoms in total. The number of pyridine rings is 1. The number of hydrogen-bond acceptors (Lipinski definition) is 6. The number of nitrogens with one attached hydrogen (secondary N) is 2. The van der Waals surface area contributed by atoms with Crippen molar-refractivity contribution in [3.05, 3.63) is 59.9 Å². The molecule has 1 saturated heterocycles. The van der Waals surface area contributed by atoms with Crippen LogP contribution in [0.25, 0.3) is 16.6 Å². The molecule has 2 N–H and O–H groups in total. The third kappa shape index (κ3) is 3.46. The van der Waals surface area contributed by atoms with E-state index in [-0.39, 0.29) is 11.6 Å². The second-order valence-electron chi connectivity index (χ2n) is 7.79. The van der Waals surface area contributed by atoms with Crippen molar-refractivity contribution in [1.29, 1.82) is 0 Å². The lowest BCUT2D eigenvalue weighted by molar-refractivity contribution is 0.102. The second kappa shape index (κ2) is 7.59. The van der Waals surface area contributed by atoms with Crippen molar-refractivity contribution in [1.82, 2.24) is 24.9 Å². The fourth-order valence-corrected chi connectivity index (χ4v) is 4.19. The number of aryl methyl sites for hydroxylation is 1. The fraction of sp³-hybridized carbons (Fsp3) is 0.273. The molecule has 0 unspecified atom stereocenters. The van der Waals surface area contributed by atoms with E-state index in [1.807, 2.05) is 19.2 Å². The predicted octanol–water partition coefficient (Wildman–Crippen LogP) is 2.78. The molecule has 0 aliphatic carbocycles. The van der Waals surface area contributed by atoms with Gasteiger partial charge in [0.15, 0.2) is 11.5 Å². The van der Waals surface area contributed by atoms with Crippen LogP contribution in [-0.4, -0.2) is 51.7 Å². The van der Waals surface area contributed by atoms with Gasteiger partial charge in [0.25, 0.3) is 5.91 Å². The minimum absolute atomic E-state index is 0.224. The standard InChI is InChI=1S/C22H22FN7O/c1-13-10-30-12-15(9-18(23)21(30)26-13)27-22(31)17-3-4-19(16-5-7-25-28-20(16)17)29-8-6-14(11-29)24-2/h3-5,7,9-10,12,14,24H,6,8,11H2,1-2H3,(H,27,31)/t14-/m1/s1. The van der Waals surface area contributed by atoms with E-state index in [4.69, 9.17) is 0 Å². The van der Waals surface area contributed by atoms with Crippen LogP contribution in [0, 0.1) is 12.7 Å². The first-order valence-corrected chi connectivity index (χ1v) is 10.2. The summed E-state index contributed by atoms with van der Waals surface area (Å²) in [6.45, 7) is 3.61. The predicted molar refractivity (Wildman–Crippen MR) is 117 cm³/mol. The van der Waals surface area contributed by atoms with Crippen LogP contribution >= 0.6 is 0 Å². The summed E-state index contributed by atoms with van der Waals surface area (Å²) in [5.74, 6) is -0.874. The summed E-state index contributed by atoms with van der Waals surface area (Å²) in [6, 6.07) is 7.28. The van der Waals surface area contributed by atoms with Gasteiger partial charge < -0.3 is 19.9 Å². The number of anilines is 2. The zero-order chi connectivity index (χ0) is 21.5. The Labute approximate surface area is 178 Å². The number of hydrogen-bond donors (Lipinski definition) is 2. The summed E-state index contributed by atoms with van der Waals surface area (Å²) in [5, 5.41) is 15.2. The van der Waals surface area contributed by atoms with Gasteiger partial charge in [-0.15, -0.1) is 5.10 Å². The number of fused-ring (bicyclic) bond motifs is 2. The van der Waals surface area contributed by atoms with E-state index in [9.17, 15) is 9.18 Å². The average Bonchev–Trinajstić information content (AvgIpc) is 3.39. The number of benzene rings is 1. The second-order valence-corrected chi connectivity index (χ2v) is 7.79. The molecule has 1 fully saturated rings. The summed E-state index contributed by atoms with van der Waals surface area (Å²) < 4.78 is 15.9. The van der Waals surface area contributed by atoms with Gasteiger partial charge in [-0.2, -0.15) is 5.10 Å². The molecule has 0 saturated carbocycles. The zero-order valence-electron chi connectivity index (χ0n) is 17.3. The van der Waals surface area contributed by atoms with Crippen LogP contribution in [0.5, 0.6) is 0 Å². The van der Waals surface area contributed by atoms with Crippen LogP contribution in [0.2, 0.25) is 0 Å². The molecule has 1 aromatic carbocycles. The summed E-state index contributed by atoms with van der Waals surface area (Å²) in [7, 11) is 1.97. The Morgan fingerprint density at radius 1 is 1.26 bits per heavy atom. The SMILES string of the molecule is CN[C@@H]1CCN(c2ccc(C(=O)Nc3cc(F)c4nc(C)cn4c3)c3nnccc23)C1. The molecule has 1 amide bonds. The van der Waals surface area contributed by atoms with Crippen molar-refractivity contribution in [3.8, 4) is 0 Å². The first kappa shape index (κ1) is 19.4. The highest BCUT2D eigenvalue weighted by molar-refractivity contribution is 6.13. The minimum Gasteiger partial charge on any atom is -0.369 e. The van der Waals surface area contributed by atoms with Gasteiger partial charge in [0.05, 0.1) is 23.1 Å². The zero-order valence-corrected chi connectivity index (χ0v) is 17.3. The molecule has 0 bridgehead atoms. The number of rotatable bonds is 4. The first-order chi connectivity index (χ1) is 15.0. The van der Waals surface area contributed by atoms with Crippen molar-refractivity contribution >= 4 is 33.8 Å². The van der Waals surface area contributed by atoms with Gasteiger partial charge in [0, 0.05) is 48.7 Å². The molecule has 9 heteroatoms. The van der Waals surface area contributed by atoms with Crippen LogP contribution < -0.4 is 15.5 Å². The molecule has 1 aliphatic rings. The average molecular weight is 419 g/mol. The van der Waals surface area contributed by atoms with Gasteiger partial charge in [-0.25, -0.2) is 9.37 Å². The van der Waals surface area contributed by atoms with Crippen molar-refractivity contribution in [2.75, 3.05) is 30.4 Å². The number of amides is 1. The summed E-state index contributed by atoms with van der Waals surface area (Å²) in [6.07, 6.45) is 6.03. The fourth-order valence-electron chi connectivity index (χ4n) is 4.19. The summed E-state index contributed by atoms with van der Waals surface area (Å²) in [4.78, 5) is 19.5. The molecule has 0 radical (unpaired) electrons. The molecular weight excluding hydrogens is 397 g/mol. The third-order valence-electron chi connectivity index (χ3n) is 5.73. The molecular formula is C22H22FN7O. The van der Waals surface area contributed by atoms with Gasteiger partial charge in [-0.3, -0.25) is 4.79 Å². The quantitative estimate of drug-likeness (QED) is 0.529. The van der Waals surface area contributed by atoms with Gasteiger partial charge in [-0.05, 0) is 38.6 Å². The van der Waals surface area contributed by atoms with E-state index in [1.165, 1.54) is 6.07 Å². The number of imidazole rings is 1. The monoisotopic (exact) mass is 419 g/mol. The summed E-state index contributed by atoms with van der Waals surface area (Å²) >= 11 is 0. The van der Waals surface area contributed by atoms with Crippen LogP contribution in [0.15, 0.2) is 42.9 Å². The van der Waals surface area contributed by atoms with Crippen molar-refractivity contribution in [2.24, 2.45) is 0 Å². The normalized spacial score (nSPS) is 16.4. The highest BCUT2D eigenvalue weighted by Crippen LogP contribution is 2.30. The van der Waals surface area contributed by atoms with E-state index in [2.05, 4.69) is 30.7 Å².